The Balaban J connectivity index is 2.10. The van der Waals surface area contributed by atoms with E-state index in [2.05, 4.69) is 19.2 Å². The lowest BCUT2D eigenvalue weighted by molar-refractivity contribution is 0.432. The normalized spacial score (nSPS) is 20.2. The lowest BCUT2D eigenvalue weighted by Crippen LogP contribution is -2.31. The highest BCUT2D eigenvalue weighted by atomic mass is 14.9. The molecule has 0 amide bonds. The van der Waals surface area contributed by atoms with Crippen LogP contribution in [0.5, 0.6) is 0 Å². The third kappa shape index (κ3) is 3.24. The molecule has 1 aliphatic carbocycles. The average Bonchev–Trinajstić information content (AvgIpc) is 2.80. The van der Waals surface area contributed by atoms with E-state index < -0.39 is 0 Å². The first kappa shape index (κ1) is 9.05. The molecule has 0 aliphatic heterocycles. The van der Waals surface area contributed by atoms with Gasteiger partial charge in [0.2, 0.25) is 0 Å². The van der Waals surface area contributed by atoms with Crippen molar-refractivity contribution in [3.05, 3.63) is 0 Å². The van der Waals surface area contributed by atoms with Crippen molar-refractivity contribution in [3.8, 4) is 0 Å². The molecule has 0 bridgehead atoms. The maximum atomic E-state index is 3.63. The van der Waals surface area contributed by atoms with Crippen LogP contribution in [0.4, 0.5) is 0 Å². The van der Waals surface area contributed by atoms with Crippen LogP contribution in [0.25, 0.3) is 0 Å². The van der Waals surface area contributed by atoms with Crippen molar-refractivity contribution in [2.24, 2.45) is 5.92 Å². The van der Waals surface area contributed by atoms with E-state index in [1.54, 1.807) is 0 Å². The monoisotopic (exact) mass is 155 g/mol. The Morgan fingerprint density at radius 1 is 1.27 bits per heavy atom. The Kier molecular flexibility index (Phi) is 3.92. The zero-order valence-corrected chi connectivity index (χ0v) is 7.90. The zero-order valence-electron chi connectivity index (χ0n) is 7.90. The van der Waals surface area contributed by atoms with Gasteiger partial charge in [0.1, 0.15) is 0 Å². The Morgan fingerprint density at radius 2 is 2.00 bits per heavy atom. The Hall–Kier alpha value is -0.0400. The van der Waals surface area contributed by atoms with Crippen molar-refractivity contribution in [1.29, 1.82) is 0 Å². The molecule has 0 aromatic carbocycles. The molecule has 1 atom stereocenters. The average molecular weight is 155 g/mol. The molecule has 66 valence electrons. The van der Waals surface area contributed by atoms with Gasteiger partial charge in [0, 0.05) is 6.04 Å². The quantitative estimate of drug-likeness (QED) is 0.621. The highest BCUT2D eigenvalue weighted by molar-refractivity contribution is 4.85. The second-order valence-electron chi connectivity index (χ2n) is 3.69. The van der Waals surface area contributed by atoms with E-state index in [0.29, 0.717) is 0 Å². The standard InChI is InChI=1S/C10H21N/c1-3-5-10(9-6-7-9)11-8-4-2/h9-11H,3-8H2,1-2H3. The topological polar surface area (TPSA) is 12.0 Å². The van der Waals surface area contributed by atoms with Gasteiger partial charge in [0.05, 0.1) is 0 Å². The molecule has 0 saturated heterocycles. The molecule has 0 spiro atoms. The molecular formula is C10H21N. The molecule has 11 heavy (non-hydrogen) atoms. The highest BCUT2D eigenvalue weighted by Crippen LogP contribution is 2.34. The van der Waals surface area contributed by atoms with E-state index in [0.717, 1.165) is 12.0 Å². The van der Waals surface area contributed by atoms with Crippen molar-refractivity contribution in [2.75, 3.05) is 6.54 Å². The number of hydrogen-bond donors (Lipinski definition) is 1. The van der Waals surface area contributed by atoms with Gasteiger partial charge in [-0.25, -0.2) is 0 Å². The molecule has 1 heteroatoms. The molecular weight excluding hydrogens is 134 g/mol. The molecule has 0 aromatic heterocycles. The molecule has 1 saturated carbocycles. The lowest BCUT2D eigenvalue weighted by Gasteiger charge is -2.16. The Bertz CT molecular complexity index is 97.0. The van der Waals surface area contributed by atoms with E-state index >= 15 is 0 Å². The lowest BCUT2D eigenvalue weighted by atomic mass is 10.1. The fourth-order valence-corrected chi connectivity index (χ4v) is 1.64. The zero-order chi connectivity index (χ0) is 8.10. The molecule has 1 rings (SSSR count). The minimum Gasteiger partial charge on any atom is -0.314 e. The SMILES string of the molecule is CCCNC(CCC)C1CC1. The third-order valence-electron chi connectivity index (χ3n) is 2.45. The summed E-state index contributed by atoms with van der Waals surface area (Å²) in [6.45, 7) is 5.73. The third-order valence-corrected chi connectivity index (χ3v) is 2.45. The first-order valence-electron chi connectivity index (χ1n) is 5.11. The predicted molar refractivity (Wildman–Crippen MR) is 49.7 cm³/mol. The summed E-state index contributed by atoms with van der Waals surface area (Å²) in [6.07, 6.45) is 6.93. The second kappa shape index (κ2) is 4.76. The summed E-state index contributed by atoms with van der Waals surface area (Å²) in [4.78, 5) is 0. The summed E-state index contributed by atoms with van der Waals surface area (Å²) in [5.74, 6) is 1.03. The van der Waals surface area contributed by atoms with E-state index in [-0.39, 0.29) is 0 Å². The van der Waals surface area contributed by atoms with Gasteiger partial charge >= 0.3 is 0 Å². The van der Waals surface area contributed by atoms with Gasteiger partial charge in [0.15, 0.2) is 0 Å². The van der Waals surface area contributed by atoms with E-state index in [4.69, 9.17) is 0 Å². The number of rotatable bonds is 6. The van der Waals surface area contributed by atoms with Crippen molar-refractivity contribution < 1.29 is 0 Å². The van der Waals surface area contributed by atoms with Crippen LogP contribution in [0.3, 0.4) is 0 Å². The van der Waals surface area contributed by atoms with Gasteiger partial charge in [-0.05, 0) is 38.1 Å². The molecule has 1 unspecified atom stereocenters. The summed E-state index contributed by atoms with van der Waals surface area (Å²) >= 11 is 0. The maximum Gasteiger partial charge on any atom is 0.00952 e. The van der Waals surface area contributed by atoms with E-state index in [9.17, 15) is 0 Å². The Morgan fingerprint density at radius 3 is 2.45 bits per heavy atom. The smallest absolute Gasteiger partial charge is 0.00952 e. The summed E-state index contributed by atoms with van der Waals surface area (Å²) in [6, 6.07) is 0.847. The number of hydrogen-bond acceptors (Lipinski definition) is 1. The minimum absolute atomic E-state index is 0.847. The van der Waals surface area contributed by atoms with Crippen LogP contribution in [0.2, 0.25) is 0 Å². The molecule has 0 aromatic rings. The van der Waals surface area contributed by atoms with Crippen LogP contribution in [-0.2, 0) is 0 Å². The van der Waals surface area contributed by atoms with E-state index in [1.807, 2.05) is 0 Å². The summed E-state index contributed by atoms with van der Waals surface area (Å²) < 4.78 is 0. The molecule has 1 fully saturated rings. The highest BCUT2D eigenvalue weighted by Gasteiger charge is 2.29. The number of nitrogens with one attached hydrogen (secondary N) is 1. The van der Waals surface area contributed by atoms with Gasteiger partial charge in [-0.2, -0.15) is 0 Å². The van der Waals surface area contributed by atoms with Crippen LogP contribution >= 0.6 is 0 Å². The molecule has 1 aliphatic rings. The predicted octanol–water partition coefficient (Wildman–Crippen LogP) is 2.56. The van der Waals surface area contributed by atoms with Crippen molar-refractivity contribution in [1.82, 2.24) is 5.32 Å². The fraction of sp³-hybridized carbons (Fsp3) is 1.00. The van der Waals surface area contributed by atoms with Gasteiger partial charge in [-0.15, -0.1) is 0 Å². The first-order chi connectivity index (χ1) is 5.38. The fourth-order valence-electron chi connectivity index (χ4n) is 1.64. The van der Waals surface area contributed by atoms with Crippen LogP contribution in [0.15, 0.2) is 0 Å². The van der Waals surface area contributed by atoms with Crippen molar-refractivity contribution in [2.45, 2.75) is 52.0 Å². The van der Waals surface area contributed by atoms with Crippen LogP contribution in [-0.4, -0.2) is 12.6 Å². The Labute approximate surface area is 70.6 Å². The minimum atomic E-state index is 0.847. The van der Waals surface area contributed by atoms with Gasteiger partial charge < -0.3 is 5.32 Å². The molecule has 0 heterocycles. The first-order valence-corrected chi connectivity index (χ1v) is 5.11. The summed E-state index contributed by atoms with van der Waals surface area (Å²) in [5, 5.41) is 3.63. The van der Waals surface area contributed by atoms with E-state index in [1.165, 1.54) is 38.6 Å². The molecule has 1 nitrogen and oxygen atoms in total. The van der Waals surface area contributed by atoms with Gasteiger partial charge in [0.25, 0.3) is 0 Å². The van der Waals surface area contributed by atoms with Crippen molar-refractivity contribution in [3.63, 3.8) is 0 Å². The summed E-state index contributed by atoms with van der Waals surface area (Å²) in [7, 11) is 0. The van der Waals surface area contributed by atoms with Crippen molar-refractivity contribution >= 4 is 0 Å². The van der Waals surface area contributed by atoms with Gasteiger partial charge in [-0.3, -0.25) is 0 Å². The maximum absolute atomic E-state index is 3.63. The molecule has 1 N–H and O–H groups in total. The van der Waals surface area contributed by atoms with Crippen LogP contribution in [0.1, 0.15) is 46.0 Å². The van der Waals surface area contributed by atoms with Gasteiger partial charge in [-0.1, -0.05) is 20.3 Å². The largest absolute Gasteiger partial charge is 0.314 e. The summed E-state index contributed by atoms with van der Waals surface area (Å²) in [5.41, 5.74) is 0. The second-order valence-corrected chi connectivity index (χ2v) is 3.69. The van der Waals surface area contributed by atoms with Crippen LogP contribution in [0, 0.1) is 5.92 Å². The van der Waals surface area contributed by atoms with Crippen LogP contribution < -0.4 is 5.32 Å². The molecule has 0 radical (unpaired) electrons.